The number of hydrogen-bond donors (Lipinski definition) is 2. The van der Waals surface area contributed by atoms with E-state index < -0.39 is 47.0 Å². The molecular formula is C30H36N2O6. The van der Waals surface area contributed by atoms with E-state index in [1.54, 1.807) is 17.9 Å². The van der Waals surface area contributed by atoms with E-state index in [0.717, 1.165) is 10.8 Å². The summed E-state index contributed by atoms with van der Waals surface area (Å²) in [5, 5.41) is 22.6. The molecule has 202 valence electrons. The van der Waals surface area contributed by atoms with Crippen molar-refractivity contribution in [1.29, 1.82) is 0 Å². The predicted octanol–water partition coefficient (Wildman–Crippen LogP) is 3.62. The standard InChI is InChI=1S/C30H36N2O6/c1-5-14-31(21-11-10-19-8-6-7-9-20(19)16-21)27(35)25-30-13-12-29(4,38-30)24(28(36)37)23(30)26(34)32(25)22(17-33)15-18(2)3/h5-11,16,18,22-25,33H,1,12-15,17H2,2-4H3,(H,36,37)/t22-,23+,24-,25?,29+,30?/m1/s1. The predicted molar refractivity (Wildman–Crippen MR) is 144 cm³/mol. The van der Waals surface area contributed by atoms with Gasteiger partial charge in [0.05, 0.1) is 30.1 Å². The summed E-state index contributed by atoms with van der Waals surface area (Å²) < 4.78 is 6.52. The van der Waals surface area contributed by atoms with Crippen LogP contribution in [0.3, 0.4) is 0 Å². The molecular weight excluding hydrogens is 484 g/mol. The molecule has 0 radical (unpaired) electrons. The number of likely N-dealkylation sites (tertiary alicyclic amines) is 1. The zero-order chi connectivity index (χ0) is 27.4. The monoisotopic (exact) mass is 520 g/mol. The molecule has 6 atom stereocenters. The van der Waals surface area contributed by atoms with Crippen molar-refractivity contribution >= 4 is 34.2 Å². The largest absolute Gasteiger partial charge is 0.481 e. The average molecular weight is 521 g/mol. The molecule has 3 aliphatic heterocycles. The summed E-state index contributed by atoms with van der Waals surface area (Å²) in [6.07, 6.45) is 2.95. The van der Waals surface area contributed by atoms with Crippen molar-refractivity contribution in [1.82, 2.24) is 4.90 Å². The molecule has 38 heavy (non-hydrogen) atoms. The molecule has 0 aromatic heterocycles. The number of amides is 2. The molecule has 8 heteroatoms. The van der Waals surface area contributed by atoms with Gasteiger partial charge in [0.2, 0.25) is 5.91 Å². The smallest absolute Gasteiger partial charge is 0.310 e. The van der Waals surface area contributed by atoms with Crippen LogP contribution in [0.5, 0.6) is 0 Å². The fourth-order valence-corrected chi connectivity index (χ4v) is 7.18. The van der Waals surface area contributed by atoms with Crippen molar-refractivity contribution in [2.45, 2.75) is 63.3 Å². The van der Waals surface area contributed by atoms with Crippen molar-refractivity contribution in [2.75, 3.05) is 18.1 Å². The second kappa shape index (κ2) is 9.50. The van der Waals surface area contributed by atoms with Crippen molar-refractivity contribution in [2.24, 2.45) is 17.8 Å². The van der Waals surface area contributed by atoms with Crippen LogP contribution in [0.15, 0.2) is 55.1 Å². The van der Waals surface area contributed by atoms with Crippen LogP contribution in [0.4, 0.5) is 5.69 Å². The lowest BCUT2D eigenvalue weighted by atomic mass is 9.66. The molecule has 2 N–H and O–H groups in total. The van der Waals surface area contributed by atoms with Crippen LogP contribution < -0.4 is 4.90 Å². The first-order valence-electron chi connectivity index (χ1n) is 13.3. The fourth-order valence-electron chi connectivity index (χ4n) is 7.18. The number of hydrogen-bond acceptors (Lipinski definition) is 5. The fraction of sp³-hybridized carbons (Fsp3) is 0.500. The molecule has 3 saturated heterocycles. The number of aliphatic carboxylic acids is 1. The summed E-state index contributed by atoms with van der Waals surface area (Å²) in [5.74, 6) is -3.78. The van der Waals surface area contributed by atoms with Crippen LogP contribution in [0, 0.1) is 17.8 Å². The number of nitrogens with zero attached hydrogens (tertiary/aromatic N) is 2. The highest BCUT2D eigenvalue weighted by atomic mass is 16.5. The number of carbonyl (C=O) groups is 3. The van der Waals surface area contributed by atoms with Gasteiger partial charge in [-0.1, -0.05) is 50.3 Å². The van der Waals surface area contributed by atoms with E-state index in [2.05, 4.69) is 6.58 Å². The molecule has 3 aliphatic rings. The summed E-state index contributed by atoms with van der Waals surface area (Å²) in [5.41, 5.74) is -1.65. The SMILES string of the molecule is C=CCN(C(=O)C1N([C@@H](CO)CC(C)C)C(=O)[C@@H]2[C@H](C(=O)O)[C@]3(C)CCC12O3)c1ccc2ccccc2c1. The lowest BCUT2D eigenvalue weighted by Gasteiger charge is -2.40. The Hall–Kier alpha value is -3.23. The molecule has 2 aromatic carbocycles. The Morgan fingerprint density at radius 2 is 1.92 bits per heavy atom. The van der Waals surface area contributed by atoms with Crippen LogP contribution in [-0.4, -0.2) is 69.3 Å². The summed E-state index contributed by atoms with van der Waals surface area (Å²) in [6, 6.07) is 11.9. The number of carboxylic acids is 1. The highest BCUT2D eigenvalue weighted by Crippen LogP contribution is 2.63. The van der Waals surface area contributed by atoms with Crippen molar-refractivity contribution in [3.8, 4) is 0 Å². The molecule has 0 saturated carbocycles. The van der Waals surface area contributed by atoms with Crippen molar-refractivity contribution < 1.29 is 29.3 Å². The van der Waals surface area contributed by atoms with E-state index in [4.69, 9.17) is 4.74 Å². The number of benzene rings is 2. The third-order valence-electron chi connectivity index (χ3n) is 8.68. The van der Waals surface area contributed by atoms with Crippen LogP contribution in [0.25, 0.3) is 10.8 Å². The van der Waals surface area contributed by atoms with Crippen LogP contribution >= 0.6 is 0 Å². The third kappa shape index (κ3) is 3.84. The topological polar surface area (TPSA) is 107 Å². The van der Waals surface area contributed by atoms with E-state index in [9.17, 15) is 24.6 Å². The van der Waals surface area contributed by atoms with E-state index in [-0.39, 0.29) is 25.0 Å². The lowest BCUT2D eigenvalue weighted by molar-refractivity contribution is -0.156. The van der Waals surface area contributed by atoms with E-state index in [1.165, 1.54) is 4.90 Å². The molecule has 2 aromatic rings. The Morgan fingerprint density at radius 3 is 2.55 bits per heavy atom. The summed E-state index contributed by atoms with van der Waals surface area (Å²) in [7, 11) is 0. The quantitative estimate of drug-likeness (QED) is 0.489. The maximum absolute atomic E-state index is 14.6. The first-order valence-corrected chi connectivity index (χ1v) is 13.3. The molecule has 3 fully saturated rings. The zero-order valence-electron chi connectivity index (χ0n) is 22.2. The van der Waals surface area contributed by atoms with Gasteiger partial charge in [0.1, 0.15) is 11.6 Å². The van der Waals surface area contributed by atoms with Crippen LogP contribution in [0.1, 0.15) is 40.0 Å². The van der Waals surface area contributed by atoms with Gasteiger partial charge in [0.15, 0.2) is 0 Å². The Labute approximate surface area is 222 Å². The van der Waals surface area contributed by atoms with Crippen LogP contribution in [-0.2, 0) is 19.1 Å². The van der Waals surface area contributed by atoms with Gasteiger partial charge in [0.25, 0.3) is 5.91 Å². The summed E-state index contributed by atoms with van der Waals surface area (Å²) >= 11 is 0. The van der Waals surface area contributed by atoms with Crippen molar-refractivity contribution in [3.05, 3.63) is 55.1 Å². The van der Waals surface area contributed by atoms with Gasteiger partial charge in [-0.05, 0) is 55.0 Å². The van der Waals surface area contributed by atoms with Gasteiger partial charge < -0.3 is 24.7 Å². The maximum atomic E-state index is 14.6. The second-order valence-corrected chi connectivity index (χ2v) is 11.5. The number of aliphatic hydroxyl groups is 1. The molecule has 2 amide bonds. The highest BCUT2D eigenvalue weighted by molar-refractivity contribution is 6.05. The highest BCUT2D eigenvalue weighted by Gasteiger charge is 2.78. The normalized spacial score (nSPS) is 30.6. The number of rotatable bonds is 9. The Morgan fingerprint density at radius 1 is 1.21 bits per heavy atom. The number of aliphatic hydroxyl groups excluding tert-OH is 1. The lowest BCUT2D eigenvalue weighted by Crippen LogP contribution is -2.59. The van der Waals surface area contributed by atoms with Gasteiger partial charge in [-0.25, -0.2) is 0 Å². The van der Waals surface area contributed by atoms with E-state index in [0.29, 0.717) is 24.9 Å². The Kier molecular flexibility index (Phi) is 6.60. The Balaban J connectivity index is 1.64. The average Bonchev–Trinajstić information content (AvgIpc) is 3.45. The number of carbonyl (C=O) groups excluding carboxylic acids is 2. The molecule has 2 bridgehead atoms. The second-order valence-electron chi connectivity index (χ2n) is 11.5. The van der Waals surface area contributed by atoms with Crippen LogP contribution in [0.2, 0.25) is 0 Å². The third-order valence-corrected chi connectivity index (χ3v) is 8.68. The zero-order valence-corrected chi connectivity index (χ0v) is 22.2. The molecule has 1 spiro atoms. The first-order chi connectivity index (χ1) is 18.1. The number of carboxylic acid groups (broad SMARTS) is 1. The summed E-state index contributed by atoms with van der Waals surface area (Å²) in [4.78, 5) is 44.2. The van der Waals surface area contributed by atoms with Crippen molar-refractivity contribution in [3.63, 3.8) is 0 Å². The van der Waals surface area contributed by atoms with E-state index >= 15 is 0 Å². The van der Waals surface area contributed by atoms with Gasteiger partial charge in [0, 0.05) is 12.2 Å². The minimum atomic E-state index is -1.27. The minimum absolute atomic E-state index is 0.142. The van der Waals surface area contributed by atoms with Gasteiger partial charge in [-0.15, -0.1) is 6.58 Å². The molecule has 8 nitrogen and oxygen atoms in total. The first kappa shape index (κ1) is 26.4. The van der Waals surface area contributed by atoms with Gasteiger partial charge >= 0.3 is 5.97 Å². The van der Waals surface area contributed by atoms with Gasteiger partial charge in [-0.2, -0.15) is 0 Å². The number of ether oxygens (including phenoxy) is 1. The number of fused-ring (bicyclic) bond motifs is 2. The molecule has 2 unspecified atom stereocenters. The maximum Gasteiger partial charge on any atom is 0.310 e. The number of anilines is 1. The summed E-state index contributed by atoms with van der Waals surface area (Å²) in [6.45, 7) is 9.44. The molecule has 0 aliphatic carbocycles. The molecule has 5 rings (SSSR count). The Bertz CT molecular complexity index is 1290. The minimum Gasteiger partial charge on any atom is -0.481 e. The van der Waals surface area contributed by atoms with Gasteiger partial charge in [-0.3, -0.25) is 14.4 Å². The molecule has 3 heterocycles. The van der Waals surface area contributed by atoms with E-state index in [1.807, 2.05) is 56.3 Å².